The molecule has 3 rings (SSSR count). The maximum absolute atomic E-state index is 5.88. The summed E-state index contributed by atoms with van der Waals surface area (Å²) in [5, 5.41) is 0. The Morgan fingerprint density at radius 3 is 2.54 bits per heavy atom. The Bertz CT molecular complexity index is 200. The third kappa shape index (κ3) is 1.31. The van der Waals surface area contributed by atoms with Gasteiger partial charge in [-0.2, -0.15) is 0 Å². The van der Waals surface area contributed by atoms with E-state index in [-0.39, 0.29) is 0 Å². The van der Waals surface area contributed by atoms with Gasteiger partial charge >= 0.3 is 0 Å². The van der Waals surface area contributed by atoms with E-state index in [0.29, 0.717) is 0 Å². The summed E-state index contributed by atoms with van der Waals surface area (Å²) in [4.78, 5) is 2.74. The molecular formula is C11H20N2. The molecule has 3 atom stereocenters. The van der Waals surface area contributed by atoms with Crippen molar-refractivity contribution in [3.8, 4) is 0 Å². The van der Waals surface area contributed by atoms with E-state index in [1.54, 1.807) is 0 Å². The molecule has 1 aliphatic heterocycles. The molecule has 0 amide bonds. The summed E-state index contributed by atoms with van der Waals surface area (Å²) in [7, 11) is 0. The molecule has 1 heterocycles. The lowest BCUT2D eigenvalue weighted by molar-refractivity contribution is 0.137. The number of rotatable bonds is 3. The lowest BCUT2D eigenvalue weighted by atomic mass is 10.1. The highest BCUT2D eigenvalue weighted by atomic mass is 15.2. The maximum Gasteiger partial charge on any atom is 0.0249 e. The molecule has 2 aliphatic carbocycles. The van der Waals surface area contributed by atoms with Gasteiger partial charge in [-0.1, -0.05) is 0 Å². The van der Waals surface area contributed by atoms with E-state index < -0.39 is 0 Å². The van der Waals surface area contributed by atoms with Crippen molar-refractivity contribution < 1.29 is 0 Å². The van der Waals surface area contributed by atoms with Crippen LogP contribution >= 0.6 is 0 Å². The zero-order chi connectivity index (χ0) is 8.84. The Kier molecular flexibility index (Phi) is 1.88. The predicted molar refractivity (Wildman–Crippen MR) is 53.4 cm³/mol. The molecule has 13 heavy (non-hydrogen) atoms. The molecule has 0 spiro atoms. The van der Waals surface area contributed by atoms with Crippen LogP contribution in [-0.2, 0) is 0 Å². The molecule has 2 N–H and O–H groups in total. The molecule has 2 nitrogen and oxygen atoms in total. The summed E-state index contributed by atoms with van der Waals surface area (Å²) in [5.74, 6) is 1.99. The van der Waals surface area contributed by atoms with Gasteiger partial charge in [-0.05, 0) is 43.9 Å². The molecule has 3 aliphatic rings. The monoisotopic (exact) mass is 180 g/mol. The van der Waals surface area contributed by atoms with Crippen molar-refractivity contribution in [2.24, 2.45) is 17.6 Å². The zero-order valence-electron chi connectivity index (χ0n) is 8.28. The summed E-state index contributed by atoms with van der Waals surface area (Å²) in [6.07, 6.45) is 7.30. The first-order valence-corrected chi connectivity index (χ1v) is 5.84. The standard InChI is InChI=1S/C11H20N2/c12-6-11(9-2-3-9)13-7-8-1-4-10(13)5-8/h8-11H,1-7,12H2. The van der Waals surface area contributed by atoms with Crippen molar-refractivity contribution in [1.82, 2.24) is 4.90 Å². The van der Waals surface area contributed by atoms with Gasteiger partial charge in [0.25, 0.3) is 0 Å². The number of hydrogen-bond acceptors (Lipinski definition) is 2. The van der Waals surface area contributed by atoms with E-state index in [1.165, 1.54) is 38.6 Å². The van der Waals surface area contributed by atoms with Crippen LogP contribution in [-0.4, -0.2) is 30.1 Å². The van der Waals surface area contributed by atoms with E-state index in [4.69, 9.17) is 5.73 Å². The molecule has 74 valence electrons. The van der Waals surface area contributed by atoms with Gasteiger partial charge in [-0.15, -0.1) is 0 Å². The molecular weight excluding hydrogens is 160 g/mol. The van der Waals surface area contributed by atoms with Crippen LogP contribution in [0.4, 0.5) is 0 Å². The lowest BCUT2D eigenvalue weighted by Crippen LogP contribution is -2.46. The Morgan fingerprint density at radius 1 is 1.23 bits per heavy atom. The minimum absolute atomic E-state index is 0.746. The quantitative estimate of drug-likeness (QED) is 0.707. The highest BCUT2D eigenvalue weighted by molar-refractivity contribution is 4.99. The fraction of sp³-hybridized carbons (Fsp3) is 1.00. The highest BCUT2D eigenvalue weighted by Gasteiger charge is 2.44. The Balaban J connectivity index is 1.69. The molecule has 0 aromatic rings. The number of nitrogens with two attached hydrogens (primary N) is 1. The molecule has 2 saturated carbocycles. The van der Waals surface area contributed by atoms with Crippen molar-refractivity contribution >= 4 is 0 Å². The summed E-state index contributed by atoms with van der Waals surface area (Å²) in [6.45, 7) is 2.26. The van der Waals surface area contributed by atoms with Crippen molar-refractivity contribution in [2.75, 3.05) is 13.1 Å². The SMILES string of the molecule is NCC(C1CC1)N1CC2CCC1C2. The summed E-state index contributed by atoms with van der Waals surface area (Å²) < 4.78 is 0. The average molecular weight is 180 g/mol. The molecule has 0 aromatic carbocycles. The molecule has 2 bridgehead atoms. The van der Waals surface area contributed by atoms with Crippen LogP contribution in [0.1, 0.15) is 32.1 Å². The smallest absolute Gasteiger partial charge is 0.0249 e. The Morgan fingerprint density at radius 2 is 2.08 bits per heavy atom. The van der Waals surface area contributed by atoms with Crippen LogP contribution in [0.15, 0.2) is 0 Å². The second-order valence-corrected chi connectivity index (χ2v) is 5.17. The first-order chi connectivity index (χ1) is 6.38. The third-order valence-electron chi connectivity index (χ3n) is 4.29. The van der Waals surface area contributed by atoms with Gasteiger partial charge in [0.1, 0.15) is 0 Å². The van der Waals surface area contributed by atoms with Crippen LogP contribution in [0.3, 0.4) is 0 Å². The number of piperidine rings is 1. The molecule has 0 aromatic heterocycles. The first kappa shape index (κ1) is 8.25. The minimum Gasteiger partial charge on any atom is -0.329 e. The second kappa shape index (κ2) is 2.96. The van der Waals surface area contributed by atoms with Crippen molar-refractivity contribution in [1.29, 1.82) is 0 Å². The van der Waals surface area contributed by atoms with Gasteiger partial charge in [0.05, 0.1) is 0 Å². The van der Waals surface area contributed by atoms with E-state index in [1.807, 2.05) is 0 Å². The lowest BCUT2D eigenvalue weighted by Gasteiger charge is -2.34. The van der Waals surface area contributed by atoms with Gasteiger partial charge in [0.2, 0.25) is 0 Å². The van der Waals surface area contributed by atoms with Gasteiger partial charge in [0, 0.05) is 25.2 Å². The fourth-order valence-corrected chi connectivity index (χ4v) is 3.45. The van der Waals surface area contributed by atoms with E-state index in [9.17, 15) is 0 Å². The molecule has 0 radical (unpaired) electrons. The van der Waals surface area contributed by atoms with Crippen LogP contribution < -0.4 is 5.73 Å². The van der Waals surface area contributed by atoms with Crippen LogP contribution in [0, 0.1) is 11.8 Å². The maximum atomic E-state index is 5.88. The third-order valence-corrected chi connectivity index (χ3v) is 4.29. The number of likely N-dealkylation sites (tertiary alicyclic amines) is 1. The molecule has 3 unspecified atom stereocenters. The second-order valence-electron chi connectivity index (χ2n) is 5.17. The Hall–Kier alpha value is -0.0800. The fourth-order valence-electron chi connectivity index (χ4n) is 3.45. The summed E-state index contributed by atoms with van der Waals surface area (Å²) >= 11 is 0. The van der Waals surface area contributed by atoms with Gasteiger partial charge in [-0.25, -0.2) is 0 Å². The van der Waals surface area contributed by atoms with E-state index in [0.717, 1.165) is 30.5 Å². The normalized spacial score (nSPS) is 41.3. The van der Waals surface area contributed by atoms with Gasteiger partial charge in [-0.3, -0.25) is 4.90 Å². The van der Waals surface area contributed by atoms with Gasteiger partial charge < -0.3 is 5.73 Å². The van der Waals surface area contributed by atoms with E-state index in [2.05, 4.69) is 4.90 Å². The topological polar surface area (TPSA) is 29.3 Å². The number of hydrogen-bond donors (Lipinski definition) is 1. The Labute approximate surface area is 80.5 Å². The van der Waals surface area contributed by atoms with Crippen molar-refractivity contribution in [3.63, 3.8) is 0 Å². The van der Waals surface area contributed by atoms with Crippen molar-refractivity contribution in [3.05, 3.63) is 0 Å². The minimum atomic E-state index is 0.746. The van der Waals surface area contributed by atoms with Crippen LogP contribution in [0.25, 0.3) is 0 Å². The first-order valence-electron chi connectivity index (χ1n) is 5.84. The van der Waals surface area contributed by atoms with Crippen LogP contribution in [0.5, 0.6) is 0 Å². The van der Waals surface area contributed by atoms with Crippen LogP contribution in [0.2, 0.25) is 0 Å². The zero-order valence-corrected chi connectivity index (χ0v) is 8.28. The highest BCUT2D eigenvalue weighted by Crippen LogP contribution is 2.43. The molecule has 3 fully saturated rings. The average Bonchev–Trinajstić information content (AvgIpc) is 2.77. The summed E-state index contributed by atoms with van der Waals surface area (Å²) in [5.41, 5.74) is 5.88. The molecule has 2 heteroatoms. The van der Waals surface area contributed by atoms with E-state index >= 15 is 0 Å². The number of fused-ring (bicyclic) bond motifs is 2. The molecule has 1 saturated heterocycles. The summed E-state index contributed by atoms with van der Waals surface area (Å²) in [6, 6.07) is 1.66. The largest absolute Gasteiger partial charge is 0.329 e. The van der Waals surface area contributed by atoms with Crippen molar-refractivity contribution in [2.45, 2.75) is 44.2 Å². The predicted octanol–water partition coefficient (Wildman–Crippen LogP) is 1.21. The number of nitrogens with zero attached hydrogens (tertiary/aromatic N) is 1. The van der Waals surface area contributed by atoms with Gasteiger partial charge in [0.15, 0.2) is 0 Å².